The Balaban J connectivity index is 1.79. The Hall–Kier alpha value is -3.17. The quantitative estimate of drug-likeness (QED) is 0.426. The number of ether oxygens (including phenoxy) is 1. The number of rotatable bonds is 6. The van der Waals surface area contributed by atoms with E-state index in [-0.39, 0.29) is 17.3 Å². The van der Waals surface area contributed by atoms with Crippen LogP contribution < -0.4 is 9.64 Å². The lowest BCUT2D eigenvalue weighted by Crippen LogP contribution is -2.30. The van der Waals surface area contributed by atoms with Gasteiger partial charge in [-0.2, -0.15) is 0 Å². The van der Waals surface area contributed by atoms with Crippen LogP contribution in [0.3, 0.4) is 0 Å². The van der Waals surface area contributed by atoms with Gasteiger partial charge in [-0.15, -0.1) is 0 Å². The molecule has 0 spiro atoms. The first kappa shape index (κ1) is 21.1. The van der Waals surface area contributed by atoms with Crippen molar-refractivity contribution in [3.63, 3.8) is 0 Å². The Morgan fingerprint density at radius 2 is 1.90 bits per heavy atom. The lowest BCUT2D eigenvalue weighted by molar-refractivity contribution is 0.0983. The summed E-state index contributed by atoms with van der Waals surface area (Å²) in [5.74, 6) is 0.919. The summed E-state index contributed by atoms with van der Waals surface area (Å²) in [4.78, 5) is 19.8. The molecule has 2 aromatic carbocycles. The van der Waals surface area contributed by atoms with Crippen molar-refractivity contribution >= 4 is 42.4 Å². The Bertz CT molecular complexity index is 1340. The number of aryl methyl sites for hydroxylation is 1. The van der Waals surface area contributed by atoms with Crippen LogP contribution in [0.4, 0.5) is 5.13 Å². The topological polar surface area (TPSA) is 89.7 Å². The summed E-state index contributed by atoms with van der Waals surface area (Å²) < 4.78 is 35.3. The predicted molar refractivity (Wildman–Crippen MR) is 120 cm³/mol. The number of nitrogens with zero attached hydrogens (tertiary/aromatic N) is 2. The fraction of sp³-hybridized carbons (Fsp3) is 0.182. The average molecular weight is 457 g/mol. The minimum absolute atomic E-state index is 0.155. The average Bonchev–Trinajstić information content (AvgIpc) is 3.42. The summed E-state index contributed by atoms with van der Waals surface area (Å²) >= 11 is 1.39. The summed E-state index contributed by atoms with van der Waals surface area (Å²) in [5.41, 5.74) is 2.07. The van der Waals surface area contributed by atoms with Crippen LogP contribution in [0.1, 0.15) is 21.7 Å². The normalized spacial score (nSPS) is 11.6. The first-order valence-electron chi connectivity index (χ1n) is 9.36. The first-order valence-corrected chi connectivity index (χ1v) is 12.1. The number of carbonyl (C=O) groups excluding carboxylic acids is 1. The van der Waals surface area contributed by atoms with Gasteiger partial charge in [0, 0.05) is 11.8 Å². The third-order valence-corrected chi connectivity index (χ3v) is 7.15. The van der Waals surface area contributed by atoms with Gasteiger partial charge in [-0.25, -0.2) is 13.4 Å². The molecule has 4 rings (SSSR count). The van der Waals surface area contributed by atoms with E-state index in [0.29, 0.717) is 27.7 Å². The highest BCUT2D eigenvalue weighted by atomic mass is 32.2. The van der Waals surface area contributed by atoms with E-state index >= 15 is 0 Å². The van der Waals surface area contributed by atoms with E-state index in [1.54, 1.807) is 25.5 Å². The number of fused-ring (bicyclic) bond motifs is 1. The predicted octanol–water partition coefficient (Wildman–Crippen LogP) is 4.46. The van der Waals surface area contributed by atoms with Crippen molar-refractivity contribution in [3.8, 4) is 5.75 Å². The van der Waals surface area contributed by atoms with E-state index < -0.39 is 9.84 Å². The molecule has 0 aliphatic carbocycles. The van der Waals surface area contributed by atoms with Crippen molar-refractivity contribution in [1.82, 2.24) is 4.98 Å². The van der Waals surface area contributed by atoms with Gasteiger partial charge in [0.15, 0.2) is 15.0 Å². The second-order valence-electron chi connectivity index (χ2n) is 7.03. The maximum atomic E-state index is 13.4. The third-order valence-electron chi connectivity index (χ3n) is 4.81. The van der Waals surface area contributed by atoms with Crippen LogP contribution >= 0.6 is 11.3 Å². The van der Waals surface area contributed by atoms with Crippen LogP contribution in [0.5, 0.6) is 5.75 Å². The molecule has 2 aromatic heterocycles. The number of anilines is 1. The van der Waals surface area contributed by atoms with Crippen molar-refractivity contribution in [2.45, 2.75) is 18.4 Å². The van der Waals surface area contributed by atoms with Crippen LogP contribution in [0.25, 0.3) is 10.2 Å². The molecular weight excluding hydrogens is 436 g/mol. The minimum Gasteiger partial charge on any atom is -0.494 e. The Morgan fingerprint density at radius 3 is 2.52 bits per heavy atom. The molecule has 0 saturated carbocycles. The molecule has 0 N–H and O–H groups in total. The highest BCUT2D eigenvalue weighted by molar-refractivity contribution is 7.90. The summed E-state index contributed by atoms with van der Waals surface area (Å²) in [6.07, 6.45) is 2.67. The zero-order valence-corrected chi connectivity index (χ0v) is 18.8. The second kappa shape index (κ2) is 8.16. The highest BCUT2D eigenvalue weighted by Crippen LogP contribution is 2.37. The fourth-order valence-electron chi connectivity index (χ4n) is 3.16. The zero-order valence-electron chi connectivity index (χ0n) is 17.2. The summed E-state index contributed by atoms with van der Waals surface area (Å²) in [5, 5.41) is 0.496. The highest BCUT2D eigenvalue weighted by Gasteiger charge is 2.24. The lowest BCUT2D eigenvalue weighted by Gasteiger charge is -2.19. The molecule has 0 saturated heterocycles. The van der Waals surface area contributed by atoms with Crippen LogP contribution in [0, 0.1) is 6.92 Å². The molecule has 4 aromatic rings. The van der Waals surface area contributed by atoms with Gasteiger partial charge < -0.3 is 9.15 Å². The van der Waals surface area contributed by atoms with Gasteiger partial charge in [0.1, 0.15) is 17.0 Å². The second-order valence-corrected chi connectivity index (χ2v) is 10.0. The van der Waals surface area contributed by atoms with Gasteiger partial charge >= 0.3 is 0 Å². The number of hydrogen-bond acceptors (Lipinski definition) is 7. The van der Waals surface area contributed by atoms with Crippen molar-refractivity contribution in [1.29, 1.82) is 0 Å². The van der Waals surface area contributed by atoms with Gasteiger partial charge in [0.2, 0.25) is 0 Å². The molecule has 7 nitrogen and oxygen atoms in total. The van der Waals surface area contributed by atoms with E-state index in [9.17, 15) is 13.2 Å². The van der Waals surface area contributed by atoms with Crippen molar-refractivity contribution in [3.05, 3.63) is 71.7 Å². The van der Waals surface area contributed by atoms with Crippen LogP contribution in [0.2, 0.25) is 0 Å². The van der Waals surface area contributed by atoms with E-state index in [2.05, 4.69) is 4.98 Å². The zero-order chi connectivity index (χ0) is 22.2. The number of methoxy groups -OCH3 is 1. The number of carbonyl (C=O) groups is 1. The third kappa shape index (κ3) is 4.19. The largest absolute Gasteiger partial charge is 0.494 e. The Kier molecular flexibility index (Phi) is 5.55. The Morgan fingerprint density at radius 1 is 1.16 bits per heavy atom. The van der Waals surface area contributed by atoms with E-state index in [4.69, 9.17) is 9.15 Å². The molecule has 160 valence electrons. The van der Waals surface area contributed by atoms with Crippen molar-refractivity contribution in [2.24, 2.45) is 0 Å². The van der Waals surface area contributed by atoms with E-state index in [0.717, 1.165) is 16.5 Å². The van der Waals surface area contributed by atoms with Crippen LogP contribution in [-0.4, -0.2) is 32.7 Å². The monoisotopic (exact) mass is 456 g/mol. The number of thiazole rings is 1. The summed E-state index contributed by atoms with van der Waals surface area (Å²) in [7, 11) is -1.77. The molecule has 0 aliphatic heterocycles. The maximum absolute atomic E-state index is 13.4. The van der Waals surface area contributed by atoms with Gasteiger partial charge in [0.05, 0.1) is 29.5 Å². The maximum Gasteiger partial charge on any atom is 0.260 e. The fourth-order valence-corrected chi connectivity index (χ4v) is 4.84. The number of furan rings is 1. The molecular formula is C22H20N2O5S2. The van der Waals surface area contributed by atoms with Gasteiger partial charge in [-0.05, 0) is 55.0 Å². The number of benzene rings is 2. The van der Waals surface area contributed by atoms with E-state index in [1.807, 2.05) is 19.1 Å². The number of aromatic nitrogens is 1. The molecule has 9 heteroatoms. The molecule has 0 radical (unpaired) electrons. The number of sulfone groups is 1. The van der Waals surface area contributed by atoms with Gasteiger partial charge in [-0.3, -0.25) is 9.69 Å². The molecule has 0 unspecified atom stereocenters. The van der Waals surface area contributed by atoms with Gasteiger partial charge in [-0.1, -0.05) is 17.4 Å². The first-order chi connectivity index (χ1) is 14.8. The molecule has 0 fully saturated rings. The smallest absolute Gasteiger partial charge is 0.260 e. The summed E-state index contributed by atoms with van der Waals surface area (Å²) in [6, 6.07) is 13.2. The van der Waals surface area contributed by atoms with Crippen LogP contribution in [0.15, 0.2) is 64.1 Å². The molecule has 2 heterocycles. The standard InChI is InChI=1S/C22H20N2O5S2/c1-14-6-11-18(28-2)19-20(14)30-22(23-19)24(13-16-5-4-12-29-16)21(25)15-7-9-17(10-8-15)31(3,26)27/h4-12H,13H2,1-3H3. The number of hydrogen-bond donors (Lipinski definition) is 0. The molecule has 31 heavy (non-hydrogen) atoms. The molecule has 0 bridgehead atoms. The lowest BCUT2D eigenvalue weighted by atomic mass is 10.2. The molecule has 0 aliphatic rings. The van der Waals surface area contributed by atoms with Crippen molar-refractivity contribution in [2.75, 3.05) is 18.3 Å². The van der Waals surface area contributed by atoms with Crippen molar-refractivity contribution < 1.29 is 22.4 Å². The van der Waals surface area contributed by atoms with Gasteiger partial charge in [0.25, 0.3) is 5.91 Å². The number of amides is 1. The molecule has 0 atom stereocenters. The SMILES string of the molecule is COc1ccc(C)c2sc(N(Cc3ccco3)C(=O)c3ccc(S(C)(=O)=O)cc3)nc12. The van der Waals surface area contributed by atoms with Crippen LogP contribution in [-0.2, 0) is 16.4 Å². The Labute approximate surface area is 183 Å². The molecule has 1 amide bonds. The summed E-state index contributed by atoms with van der Waals surface area (Å²) in [6.45, 7) is 2.16. The minimum atomic E-state index is -3.35. The van der Waals surface area contributed by atoms with E-state index in [1.165, 1.54) is 40.5 Å².